The maximum atomic E-state index is 12.6. The summed E-state index contributed by atoms with van der Waals surface area (Å²) in [4.78, 5) is 31.4. The van der Waals surface area contributed by atoms with Gasteiger partial charge in [0.2, 0.25) is 0 Å². The van der Waals surface area contributed by atoms with Gasteiger partial charge in [-0.3, -0.25) is 14.0 Å². The number of sulfone groups is 1. The normalized spacial score (nSPS) is 19.9. The zero-order chi connectivity index (χ0) is 19.6. The lowest BCUT2D eigenvalue weighted by Crippen LogP contribution is -2.48. The van der Waals surface area contributed by atoms with E-state index >= 15 is 0 Å². The summed E-state index contributed by atoms with van der Waals surface area (Å²) in [5, 5.41) is 1.90. The molecule has 3 rings (SSSR count). The predicted molar refractivity (Wildman–Crippen MR) is 101 cm³/mol. The SMILES string of the molecule is CC[C@@H](C)N(C(=O)COC(=O)Cc1cn2ccsc2n1)[C@@H]1CCS(=O)(=O)C1. The van der Waals surface area contributed by atoms with Crippen LogP contribution in [0, 0.1) is 0 Å². The van der Waals surface area contributed by atoms with Crippen LogP contribution in [0.1, 0.15) is 32.4 Å². The van der Waals surface area contributed by atoms with Crippen molar-refractivity contribution in [2.45, 2.75) is 45.2 Å². The van der Waals surface area contributed by atoms with E-state index in [2.05, 4.69) is 4.98 Å². The van der Waals surface area contributed by atoms with Crippen LogP contribution in [0.3, 0.4) is 0 Å². The van der Waals surface area contributed by atoms with Crippen molar-refractivity contribution in [1.82, 2.24) is 14.3 Å². The second kappa shape index (κ2) is 7.97. The molecule has 1 fully saturated rings. The summed E-state index contributed by atoms with van der Waals surface area (Å²) in [6.07, 6.45) is 4.72. The number of nitrogens with zero attached hydrogens (tertiary/aromatic N) is 3. The third-order valence-electron chi connectivity index (χ3n) is 4.78. The molecule has 2 aromatic heterocycles. The number of thiazole rings is 1. The Morgan fingerprint density at radius 2 is 2.26 bits per heavy atom. The van der Waals surface area contributed by atoms with Crippen molar-refractivity contribution in [3.8, 4) is 0 Å². The Balaban J connectivity index is 1.58. The van der Waals surface area contributed by atoms with Gasteiger partial charge in [0.1, 0.15) is 0 Å². The van der Waals surface area contributed by atoms with Gasteiger partial charge in [-0.2, -0.15) is 0 Å². The first-order valence-electron chi connectivity index (χ1n) is 8.87. The summed E-state index contributed by atoms with van der Waals surface area (Å²) in [7, 11) is -3.11. The van der Waals surface area contributed by atoms with Crippen LogP contribution in [-0.4, -0.2) is 64.8 Å². The van der Waals surface area contributed by atoms with Crippen LogP contribution in [0.5, 0.6) is 0 Å². The van der Waals surface area contributed by atoms with E-state index in [0.29, 0.717) is 18.5 Å². The van der Waals surface area contributed by atoms with Gasteiger partial charge in [-0.05, 0) is 19.8 Å². The number of rotatable bonds is 7. The van der Waals surface area contributed by atoms with Gasteiger partial charge in [-0.1, -0.05) is 6.92 Å². The van der Waals surface area contributed by atoms with Gasteiger partial charge < -0.3 is 9.64 Å². The molecule has 27 heavy (non-hydrogen) atoms. The topological polar surface area (TPSA) is 98.0 Å². The largest absolute Gasteiger partial charge is 0.455 e. The molecule has 2 aromatic rings. The van der Waals surface area contributed by atoms with Gasteiger partial charge in [0.15, 0.2) is 21.4 Å². The number of esters is 1. The van der Waals surface area contributed by atoms with Gasteiger partial charge in [0, 0.05) is 29.9 Å². The maximum absolute atomic E-state index is 12.6. The first-order chi connectivity index (χ1) is 12.8. The Morgan fingerprint density at radius 3 is 2.89 bits per heavy atom. The van der Waals surface area contributed by atoms with Gasteiger partial charge in [-0.25, -0.2) is 13.4 Å². The summed E-state index contributed by atoms with van der Waals surface area (Å²) in [6, 6.07) is -0.467. The highest BCUT2D eigenvalue weighted by molar-refractivity contribution is 7.91. The molecule has 0 saturated carbocycles. The number of carbonyl (C=O) groups excluding carboxylic acids is 2. The number of ether oxygens (including phenoxy) is 1. The summed E-state index contributed by atoms with van der Waals surface area (Å²) >= 11 is 1.47. The van der Waals surface area contributed by atoms with E-state index in [1.807, 2.05) is 29.8 Å². The Hall–Kier alpha value is -1.94. The molecule has 148 valence electrons. The van der Waals surface area contributed by atoms with Crippen molar-refractivity contribution in [1.29, 1.82) is 0 Å². The third kappa shape index (κ3) is 4.67. The summed E-state index contributed by atoms with van der Waals surface area (Å²) in [5.74, 6) is -0.819. The lowest BCUT2D eigenvalue weighted by atomic mass is 10.1. The average Bonchev–Trinajstić information content (AvgIpc) is 3.27. The van der Waals surface area contributed by atoms with Crippen molar-refractivity contribution in [2.75, 3.05) is 18.1 Å². The van der Waals surface area contributed by atoms with Gasteiger partial charge in [0.25, 0.3) is 5.91 Å². The third-order valence-corrected chi connectivity index (χ3v) is 7.30. The number of hydrogen-bond donors (Lipinski definition) is 0. The van der Waals surface area contributed by atoms with Gasteiger partial charge in [-0.15, -0.1) is 11.3 Å². The molecule has 1 aliphatic rings. The number of aromatic nitrogens is 2. The quantitative estimate of drug-likeness (QED) is 0.635. The van der Waals surface area contributed by atoms with E-state index in [4.69, 9.17) is 4.74 Å². The molecule has 0 spiro atoms. The highest BCUT2D eigenvalue weighted by atomic mass is 32.2. The van der Waals surface area contributed by atoms with Crippen LogP contribution in [0.15, 0.2) is 17.8 Å². The Labute approximate surface area is 162 Å². The first-order valence-corrected chi connectivity index (χ1v) is 11.6. The van der Waals surface area contributed by atoms with Crippen LogP contribution >= 0.6 is 11.3 Å². The van der Waals surface area contributed by atoms with Crippen LogP contribution < -0.4 is 0 Å². The molecule has 0 aromatic carbocycles. The fraction of sp³-hybridized carbons (Fsp3) is 0.588. The molecular formula is C17H23N3O5S2. The number of amides is 1. The lowest BCUT2D eigenvalue weighted by Gasteiger charge is -2.33. The number of carbonyl (C=O) groups is 2. The van der Waals surface area contributed by atoms with Gasteiger partial charge in [0.05, 0.1) is 23.6 Å². The van der Waals surface area contributed by atoms with Crippen molar-refractivity contribution < 1.29 is 22.7 Å². The molecule has 1 aliphatic heterocycles. The molecule has 3 heterocycles. The lowest BCUT2D eigenvalue weighted by molar-refractivity contribution is -0.153. The Kier molecular flexibility index (Phi) is 5.85. The summed E-state index contributed by atoms with van der Waals surface area (Å²) in [5.41, 5.74) is 0.583. The fourth-order valence-electron chi connectivity index (χ4n) is 3.28. The van der Waals surface area contributed by atoms with Crippen molar-refractivity contribution in [2.24, 2.45) is 0 Å². The molecule has 10 heteroatoms. The van der Waals surface area contributed by atoms with E-state index in [-0.39, 0.29) is 42.5 Å². The van der Waals surface area contributed by atoms with Crippen molar-refractivity contribution in [3.63, 3.8) is 0 Å². The fourth-order valence-corrected chi connectivity index (χ4v) is 5.71. The molecule has 1 saturated heterocycles. The molecule has 0 radical (unpaired) electrons. The van der Waals surface area contributed by atoms with E-state index in [1.54, 1.807) is 11.1 Å². The minimum absolute atomic E-state index is 0.0111. The zero-order valence-electron chi connectivity index (χ0n) is 15.3. The number of hydrogen-bond acceptors (Lipinski definition) is 7. The molecule has 1 amide bonds. The summed E-state index contributed by atoms with van der Waals surface area (Å²) < 4.78 is 30.5. The monoisotopic (exact) mass is 413 g/mol. The standard InChI is InChI=1S/C17H23N3O5S2/c1-3-12(2)20(14-4-7-27(23,24)11-14)15(21)10-25-16(22)8-13-9-19-5-6-26-17(19)18-13/h5-6,9,12,14H,3-4,7-8,10-11H2,1-2H3/t12-,14-/m1/s1. The van der Waals surface area contributed by atoms with Crippen LogP contribution in [0.25, 0.3) is 4.96 Å². The van der Waals surface area contributed by atoms with E-state index in [0.717, 1.165) is 4.96 Å². The molecule has 8 nitrogen and oxygen atoms in total. The van der Waals surface area contributed by atoms with Crippen LogP contribution in [0.4, 0.5) is 0 Å². The second-order valence-corrected chi connectivity index (χ2v) is 9.88. The molecule has 0 N–H and O–H groups in total. The first kappa shape index (κ1) is 19.8. The molecule has 0 aliphatic carbocycles. The van der Waals surface area contributed by atoms with Crippen LogP contribution in [-0.2, 0) is 30.6 Å². The van der Waals surface area contributed by atoms with E-state index in [1.165, 1.54) is 11.3 Å². The van der Waals surface area contributed by atoms with Crippen molar-refractivity contribution in [3.05, 3.63) is 23.5 Å². The Morgan fingerprint density at radius 1 is 1.48 bits per heavy atom. The van der Waals surface area contributed by atoms with Crippen molar-refractivity contribution >= 4 is 38.0 Å². The second-order valence-electron chi connectivity index (χ2n) is 6.78. The molecule has 0 unspecified atom stereocenters. The molecular weight excluding hydrogens is 390 g/mol. The predicted octanol–water partition coefficient (Wildman–Crippen LogP) is 1.30. The van der Waals surface area contributed by atoms with E-state index < -0.39 is 15.8 Å². The smallest absolute Gasteiger partial charge is 0.312 e. The minimum Gasteiger partial charge on any atom is -0.455 e. The highest BCUT2D eigenvalue weighted by Crippen LogP contribution is 2.21. The minimum atomic E-state index is -3.11. The number of imidazole rings is 1. The van der Waals surface area contributed by atoms with Crippen LogP contribution in [0.2, 0.25) is 0 Å². The average molecular weight is 414 g/mol. The zero-order valence-corrected chi connectivity index (χ0v) is 17.0. The highest BCUT2D eigenvalue weighted by Gasteiger charge is 2.36. The molecule has 0 bridgehead atoms. The maximum Gasteiger partial charge on any atom is 0.312 e. The van der Waals surface area contributed by atoms with Gasteiger partial charge >= 0.3 is 5.97 Å². The number of fused-ring (bicyclic) bond motifs is 1. The van der Waals surface area contributed by atoms with E-state index in [9.17, 15) is 18.0 Å². The molecule has 2 atom stereocenters. The Bertz CT molecular complexity index is 905. The summed E-state index contributed by atoms with van der Waals surface area (Å²) in [6.45, 7) is 3.43.